The van der Waals surface area contributed by atoms with Gasteiger partial charge in [0.1, 0.15) is 0 Å². The quantitative estimate of drug-likeness (QED) is 0.886. The van der Waals surface area contributed by atoms with Crippen LogP contribution in [0.15, 0.2) is 0 Å². The number of nitrogens with zero attached hydrogens (tertiary/aromatic N) is 1. The molecule has 1 aromatic heterocycles. The van der Waals surface area contributed by atoms with Crippen LogP contribution in [0.3, 0.4) is 0 Å². The predicted octanol–water partition coefficient (Wildman–Crippen LogP) is 1.87. The van der Waals surface area contributed by atoms with Gasteiger partial charge >= 0.3 is 0 Å². The molecule has 0 radical (unpaired) electrons. The number of rotatable bonds is 3. The number of nitrogens with one attached hydrogen (secondary N) is 1. The second-order valence-corrected chi connectivity index (χ2v) is 5.00. The van der Waals surface area contributed by atoms with E-state index in [1.54, 1.807) is 0 Å². The van der Waals surface area contributed by atoms with Crippen LogP contribution in [0.1, 0.15) is 17.5 Å². The molecule has 0 aliphatic carbocycles. The molecule has 1 aliphatic heterocycles. The maximum absolute atomic E-state index is 12.6. The third-order valence-corrected chi connectivity index (χ3v) is 3.35. The molecule has 0 bridgehead atoms. The van der Waals surface area contributed by atoms with Gasteiger partial charge in [-0.15, -0.1) is 0 Å². The van der Waals surface area contributed by atoms with Gasteiger partial charge in [-0.05, 0) is 6.42 Å². The van der Waals surface area contributed by atoms with E-state index >= 15 is 0 Å². The standard InChI is InChI=1S/C10H14F2N2OS/c1-10(11,12)6-15-9-14-7-2-4-13-5-3-8(7)16-9/h13H,2-6H2,1H3. The fourth-order valence-corrected chi connectivity index (χ4v) is 2.49. The zero-order chi connectivity index (χ0) is 11.6. The van der Waals surface area contributed by atoms with E-state index in [-0.39, 0.29) is 0 Å². The minimum absolute atomic E-state index is 0.369. The fourth-order valence-electron chi connectivity index (χ4n) is 1.53. The van der Waals surface area contributed by atoms with Crippen molar-refractivity contribution in [1.29, 1.82) is 0 Å². The van der Waals surface area contributed by atoms with Gasteiger partial charge in [0.15, 0.2) is 6.61 Å². The average molecular weight is 248 g/mol. The van der Waals surface area contributed by atoms with E-state index < -0.39 is 12.5 Å². The highest BCUT2D eigenvalue weighted by molar-refractivity contribution is 7.13. The molecule has 1 N–H and O–H groups in total. The van der Waals surface area contributed by atoms with E-state index in [0.717, 1.165) is 43.4 Å². The zero-order valence-electron chi connectivity index (χ0n) is 9.06. The van der Waals surface area contributed by atoms with E-state index in [9.17, 15) is 8.78 Å². The van der Waals surface area contributed by atoms with Crippen molar-refractivity contribution in [2.24, 2.45) is 0 Å². The molecular weight excluding hydrogens is 234 g/mol. The minimum Gasteiger partial charge on any atom is -0.464 e. The highest BCUT2D eigenvalue weighted by Gasteiger charge is 2.23. The molecule has 6 heteroatoms. The van der Waals surface area contributed by atoms with Crippen LogP contribution in [0.25, 0.3) is 0 Å². The topological polar surface area (TPSA) is 34.1 Å². The van der Waals surface area contributed by atoms with Crippen LogP contribution in [-0.4, -0.2) is 30.6 Å². The smallest absolute Gasteiger partial charge is 0.278 e. The van der Waals surface area contributed by atoms with E-state index in [2.05, 4.69) is 10.3 Å². The summed E-state index contributed by atoms with van der Waals surface area (Å²) in [5, 5.41) is 3.63. The van der Waals surface area contributed by atoms with Gasteiger partial charge in [0.05, 0.1) is 5.69 Å². The molecule has 0 amide bonds. The summed E-state index contributed by atoms with van der Waals surface area (Å²) in [6, 6.07) is 0. The van der Waals surface area contributed by atoms with Crippen LogP contribution in [0.5, 0.6) is 5.19 Å². The monoisotopic (exact) mass is 248 g/mol. The van der Waals surface area contributed by atoms with Crippen molar-refractivity contribution in [2.45, 2.75) is 25.7 Å². The lowest BCUT2D eigenvalue weighted by atomic mass is 10.2. The Kier molecular flexibility index (Phi) is 3.39. The molecule has 16 heavy (non-hydrogen) atoms. The second kappa shape index (κ2) is 4.63. The molecule has 0 atom stereocenters. The molecule has 90 valence electrons. The normalized spacial score (nSPS) is 16.7. The maximum atomic E-state index is 12.6. The minimum atomic E-state index is -2.80. The Labute approximate surface area is 96.8 Å². The van der Waals surface area contributed by atoms with Gasteiger partial charge in [0.25, 0.3) is 11.1 Å². The van der Waals surface area contributed by atoms with Gasteiger partial charge < -0.3 is 10.1 Å². The predicted molar refractivity (Wildman–Crippen MR) is 58.5 cm³/mol. The molecular formula is C10H14F2N2OS. The van der Waals surface area contributed by atoms with Gasteiger partial charge in [0.2, 0.25) is 0 Å². The van der Waals surface area contributed by atoms with Crippen molar-refractivity contribution in [1.82, 2.24) is 10.3 Å². The number of fused-ring (bicyclic) bond motifs is 1. The van der Waals surface area contributed by atoms with E-state index in [1.165, 1.54) is 11.3 Å². The Morgan fingerprint density at radius 3 is 2.94 bits per heavy atom. The summed E-state index contributed by atoms with van der Waals surface area (Å²) in [6.07, 6.45) is 1.75. The summed E-state index contributed by atoms with van der Waals surface area (Å²) < 4.78 is 30.2. The number of thiazole rings is 1. The van der Waals surface area contributed by atoms with Gasteiger partial charge in [-0.1, -0.05) is 11.3 Å². The van der Waals surface area contributed by atoms with Crippen LogP contribution >= 0.6 is 11.3 Å². The molecule has 0 spiro atoms. The van der Waals surface area contributed by atoms with Crippen LogP contribution in [0.4, 0.5) is 8.78 Å². The van der Waals surface area contributed by atoms with Crippen molar-refractivity contribution in [3.8, 4) is 5.19 Å². The summed E-state index contributed by atoms with van der Waals surface area (Å²) in [5.41, 5.74) is 0.990. The Morgan fingerprint density at radius 2 is 2.19 bits per heavy atom. The van der Waals surface area contributed by atoms with Gasteiger partial charge in [0, 0.05) is 31.3 Å². The molecule has 1 aromatic rings. The lowest BCUT2D eigenvalue weighted by Gasteiger charge is -2.09. The van der Waals surface area contributed by atoms with E-state index in [1.807, 2.05) is 0 Å². The molecule has 1 aliphatic rings. The SMILES string of the molecule is CC(F)(F)COc1nc2c(s1)CCNCC2. The second-order valence-electron chi connectivity index (χ2n) is 3.96. The molecule has 0 unspecified atom stereocenters. The summed E-state index contributed by atoms with van der Waals surface area (Å²) in [7, 11) is 0. The van der Waals surface area contributed by atoms with Crippen molar-refractivity contribution >= 4 is 11.3 Å². The third kappa shape index (κ3) is 3.12. The first kappa shape index (κ1) is 11.7. The van der Waals surface area contributed by atoms with Crippen LogP contribution < -0.4 is 10.1 Å². The number of halogens is 2. The van der Waals surface area contributed by atoms with Crippen molar-refractivity contribution in [3.63, 3.8) is 0 Å². The van der Waals surface area contributed by atoms with Gasteiger partial charge in [-0.2, -0.15) is 0 Å². The highest BCUT2D eigenvalue weighted by atomic mass is 32.1. The zero-order valence-corrected chi connectivity index (χ0v) is 9.87. The summed E-state index contributed by atoms with van der Waals surface area (Å²) in [6.45, 7) is 2.05. The largest absolute Gasteiger partial charge is 0.464 e. The number of hydrogen-bond acceptors (Lipinski definition) is 4. The number of ether oxygens (including phenoxy) is 1. The van der Waals surface area contributed by atoms with Crippen LogP contribution in [-0.2, 0) is 12.8 Å². The molecule has 0 aromatic carbocycles. The molecule has 2 rings (SSSR count). The lowest BCUT2D eigenvalue weighted by molar-refractivity contribution is -0.0230. The molecule has 2 heterocycles. The summed E-state index contributed by atoms with van der Waals surface area (Å²) in [4.78, 5) is 5.39. The van der Waals surface area contributed by atoms with Gasteiger partial charge in [-0.3, -0.25) is 0 Å². The van der Waals surface area contributed by atoms with Crippen LogP contribution in [0.2, 0.25) is 0 Å². The Balaban J connectivity index is 2.01. The van der Waals surface area contributed by atoms with Gasteiger partial charge in [-0.25, -0.2) is 13.8 Å². The molecule has 0 fully saturated rings. The molecule has 0 saturated carbocycles. The maximum Gasteiger partial charge on any atom is 0.278 e. The van der Waals surface area contributed by atoms with Crippen LogP contribution in [0, 0.1) is 0 Å². The third-order valence-electron chi connectivity index (χ3n) is 2.28. The highest BCUT2D eigenvalue weighted by Crippen LogP contribution is 2.27. The Morgan fingerprint density at radius 1 is 1.44 bits per heavy atom. The summed E-state index contributed by atoms with van der Waals surface area (Å²) in [5.74, 6) is -2.80. The number of alkyl halides is 2. The fraction of sp³-hybridized carbons (Fsp3) is 0.700. The molecule has 0 saturated heterocycles. The van der Waals surface area contributed by atoms with Crippen molar-refractivity contribution < 1.29 is 13.5 Å². The van der Waals surface area contributed by atoms with Crippen molar-refractivity contribution in [2.75, 3.05) is 19.7 Å². The Bertz CT molecular complexity index is 339. The Hall–Kier alpha value is -0.750. The van der Waals surface area contributed by atoms with E-state index in [4.69, 9.17) is 4.74 Å². The first-order valence-electron chi connectivity index (χ1n) is 5.24. The number of aromatic nitrogens is 1. The molecule has 3 nitrogen and oxygen atoms in total. The average Bonchev–Trinajstić information content (AvgIpc) is 2.45. The van der Waals surface area contributed by atoms with E-state index in [0.29, 0.717) is 5.19 Å². The number of hydrogen-bond donors (Lipinski definition) is 1. The first-order chi connectivity index (χ1) is 7.54. The summed E-state index contributed by atoms with van der Waals surface area (Å²) >= 11 is 1.38. The van der Waals surface area contributed by atoms with Crippen molar-refractivity contribution in [3.05, 3.63) is 10.6 Å². The lowest BCUT2D eigenvalue weighted by Crippen LogP contribution is -2.21. The first-order valence-corrected chi connectivity index (χ1v) is 6.06.